The summed E-state index contributed by atoms with van der Waals surface area (Å²) in [5.41, 5.74) is 1.36. The molecule has 30 heavy (non-hydrogen) atoms. The zero-order valence-electron chi connectivity index (χ0n) is 17.6. The second kappa shape index (κ2) is 9.20. The molecule has 160 valence electrons. The number of anilines is 2. The molecule has 2 fully saturated rings. The number of Topliss-reactive ketones (excluding diaryl/α,β-unsaturated/α-hetero) is 1. The highest BCUT2D eigenvalue weighted by molar-refractivity contribution is 7.99. The molecule has 2 aromatic rings. The lowest BCUT2D eigenvalue weighted by atomic mass is 10.1. The van der Waals surface area contributed by atoms with Gasteiger partial charge >= 0.3 is 0 Å². The number of benzene rings is 1. The first-order chi connectivity index (χ1) is 14.5. The van der Waals surface area contributed by atoms with Crippen LogP contribution in [0.1, 0.15) is 62.4 Å². The summed E-state index contributed by atoms with van der Waals surface area (Å²) >= 11 is 1.46. The van der Waals surface area contributed by atoms with Crippen LogP contribution in [-0.2, 0) is 4.79 Å². The number of rotatable bonds is 9. The van der Waals surface area contributed by atoms with Gasteiger partial charge in [-0.2, -0.15) is 0 Å². The van der Waals surface area contributed by atoms with E-state index in [9.17, 15) is 9.59 Å². The van der Waals surface area contributed by atoms with Crippen molar-refractivity contribution in [1.82, 2.24) is 14.8 Å². The first kappa shape index (κ1) is 20.9. The second-order valence-electron chi connectivity index (χ2n) is 8.51. The zero-order chi connectivity index (χ0) is 21.1. The Morgan fingerprint density at radius 1 is 1.13 bits per heavy atom. The number of carbonyl (C=O) groups excluding carboxylic acids is 2. The van der Waals surface area contributed by atoms with Crippen LogP contribution in [0.15, 0.2) is 29.4 Å². The Balaban J connectivity index is 1.36. The summed E-state index contributed by atoms with van der Waals surface area (Å²) in [7, 11) is 0. The number of thioether (sulfide) groups is 1. The molecule has 7 nitrogen and oxygen atoms in total. The van der Waals surface area contributed by atoms with E-state index in [1.807, 2.05) is 13.8 Å². The Morgan fingerprint density at radius 2 is 1.83 bits per heavy atom. The van der Waals surface area contributed by atoms with E-state index < -0.39 is 0 Å². The molecule has 0 atom stereocenters. The van der Waals surface area contributed by atoms with Crippen LogP contribution in [-0.4, -0.2) is 45.3 Å². The number of ketones is 1. The van der Waals surface area contributed by atoms with Gasteiger partial charge in [-0.05, 0) is 55.9 Å². The molecule has 0 radical (unpaired) electrons. The Bertz CT molecular complexity index is 899. The normalized spacial score (nSPS) is 16.3. The molecule has 4 rings (SSSR count). The van der Waals surface area contributed by atoms with E-state index >= 15 is 0 Å². The van der Waals surface area contributed by atoms with Crippen molar-refractivity contribution in [2.24, 2.45) is 5.92 Å². The molecule has 1 N–H and O–H groups in total. The van der Waals surface area contributed by atoms with Gasteiger partial charge in [-0.3, -0.25) is 14.2 Å². The Kier molecular flexibility index (Phi) is 6.41. The number of nitrogens with one attached hydrogen (secondary N) is 1. The van der Waals surface area contributed by atoms with Crippen LogP contribution in [0.4, 0.5) is 11.6 Å². The number of aromatic nitrogens is 3. The van der Waals surface area contributed by atoms with Crippen molar-refractivity contribution in [2.45, 2.75) is 57.1 Å². The molecule has 1 amide bonds. The smallest absolute Gasteiger partial charge is 0.228 e. The molecule has 2 heterocycles. The van der Waals surface area contributed by atoms with Gasteiger partial charge in [0.1, 0.15) is 0 Å². The number of amides is 1. The van der Waals surface area contributed by atoms with Crippen LogP contribution in [0.25, 0.3) is 0 Å². The van der Waals surface area contributed by atoms with Gasteiger partial charge in [-0.15, -0.1) is 10.2 Å². The Morgan fingerprint density at radius 3 is 2.47 bits per heavy atom. The Labute approximate surface area is 181 Å². The first-order valence-corrected chi connectivity index (χ1v) is 11.8. The van der Waals surface area contributed by atoms with Gasteiger partial charge < -0.3 is 10.2 Å². The van der Waals surface area contributed by atoms with Gasteiger partial charge in [0.05, 0.1) is 5.75 Å². The minimum atomic E-state index is -0.00662. The average molecular weight is 428 g/mol. The lowest BCUT2D eigenvalue weighted by Gasteiger charge is -2.17. The third-order valence-corrected chi connectivity index (χ3v) is 6.31. The van der Waals surface area contributed by atoms with E-state index in [4.69, 9.17) is 0 Å². The van der Waals surface area contributed by atoms with E-state index in [1.54, 1.807) is 24.3 Å². The summed E-state index contributed by atoms with van der Waals surface area (Å²) in [6.07, 6.45) is 5.20. The molecule has 1 aliphatic heterocycles. The monoisotopic (exact) mass is 427 g/mol. The van der Waals surface area contributed by atoms with Gasteiger partial charge in [0.15, 0.2) is 10.9 Å². The molecule has 0 spiro atoms. The van der Waals surface area contributed by atoms with Crippen LogP contribution in [0.2, 0.25) is 0 Å². The number of carbonyl (C=O) groups is 2. The number of nitrogens with zero attached hydrogens (tertiary/aromatic N) is 4. The van der Waals surface area contributed by atoms with Crippen molar-refractivity contribution in [3.8, 4) is 0 Å². The first-order valence-electron chi connectivity index (χ1n) is 10.8. The molecule has 0 unspecified atom stereocenters. The molecule has 1 saturated carbocycles. The third kappa shape index (κ3) is 5.03. The van der Waals surface area contributed by atoms with Gasteiger partial charge in [0.25, 0.3) is 0 Å². The standard InChI is InChI=1S/C22H29N5O2S/c1-15(2)13-20(29)23-17-7-5-16(6-8-17)19(28)14-30-22-25-24-21(26-11-3-4-12-26)27(22)18-9-10-18/h5-8,15,18H,3-4,9-14H2,1-2H3,(H,23,29). The largest absolute Gasteiger partial charge is 0.341 e. The third-order valence-electron chi connectivity index (χ3n) is 5.36. The molecule has 0 bridgehead atoms. The Hall–Kier alpha value is -2.35. The van der Waals surface area contributed by atoms with E-state index in [1.165, 1.54) is 24.6 Å². The van der Waals surface area contributed by atoms with Crippen molar-refractivity contribution in [3.05, 3.63) is 29.8 Å². The van der Waals surface area contributed by atoms with Gasteiger partial charge in [0, 0.05) is 36.8 Å². The van der Waals surface area contributed by atoms with Gasteiger partial charge in [-0.25, -0.2) is 0 Å². The SMILES string of the molecule is CC(C)CC(=O)Nc1ccc(C(=O)CSc2nnc(N3CCCC3)n2C2CC2)cc1. The minimum Gasteiger partial charge on any atom is -0.341 e. The fourth-order valence-corrected chi connectivity index (χ4v) is 4.58. The highest BCUT2D eigenvalue weighted by Crippen LogP contribution is 2.41. The summed E-state index contributed by atoms with van der Waals surface area (Å²) < 4.78 is 2.23. The minimum absolute atomic E-state index is 0.00662. The van der Waals surface area contributed by atoms with Gasteiger partial charge in [-0.1, -0.05) is 25.6 Å². The van der Waals surface area contributed by atoms with Crippen LogP contribution in [0.5, 0.6) is 0 Å². The fraction of sp³-hybridized carbons (Fsp3) is 0.545. The lowest BCUT2D eigenvalue weighted by Crippen LogP contribution is -2.22. The molecule has 8 heteroatoms. The fourth-order valence-electron chi connectivity index (χ4n) is 3.69. The summed E-state index contributed by atoms with van der Waals surface area (Å²) in [4.78, 5) is 26.9. The maximum Gasteiger partial charge on any atom is 0.228 e. The van der Waals surface area contributed by atoms with E-state index in [0.29, 0.717) is 35.4 Å². The van der Waals surface area contributed by atoms with Crippen LogP contribution >= 0.6 is 11.8 Å². The van der Waals surface area contributed by atoms with Crippen LogP contribution in [0, 0.1) is 5.92 Å². The van der Waals surface area contributed by atoms with Crippen molar-refractivity contribution in [2.75, 3.05) is 29.1 Å². The molecular weight excluding hydrogens is 398 g/mol. The summed E-state index contributed by atoms with van der Waals surface area (Å²) in [6.45, 7) is 6.09. The molecule has 2 aliphatic rings. The maximum atomic E-state index is 12.7. The van der Waals surface area contributed by atoms with E-state index in [2.05, 4.69) is 25.0 Å². The summed E-state index contributed by atoms with van der Waals surface area (Å²) in [5, 5.41) is 12.5. The molecule has 1 aromatic heterocycles. The molecule has 1 saturated heterocycles. The van der Waals surface area contributed by atoms with Crippen LogP contribution in [0.3, 0.4) is 0 Å². The zero-order valence-corrected chi connectivity index (χ0v) is 18.5. The van der Waals surface area contributed by atoms with Gasteiger partial charge in [0.2, 0.25) is 11.9 Å². The van der Waals surface area contributed by atoms with E-state index in [-0.39, 0.29) is 11.7 Å². The van der Waals surface area contributed by atoms with E-state index in [0.717, 1.165) is 37.0 Å². The predicted octanol–water partition coefficient (Wildman–Crippen LogP) is 4.17. The quantitative estimate of drug-likeness (QED) is 0.478. The topological polar surface area (TPSA) is 80.1 Å². The van der Waals surface area contributed by atoms with Crippen LogP contribution < -0.4 is 10.2 Å². The highest BCUT2D eigenvalue weighted by Gasteiger charge is 2.32. The molecule has 1 aliphatic carbocycles. The summed E-state index contributed by atoms with van der Waals surface area (Å²) in [6, 6.07) is 7.59. The molecule has 1 aromatic carbocycles. The average Bonchev–Trinajstić information content (AvgIpc) is 3.23. The highest BCUT2D eigenvalue weighted by atomic mass is 32.2. The van der Waals surface area contributed by atoms with Crippen molar-refractivity contribution >= 4 is 35.1 Å². The molecular formula is C22H29N5O2S. The van der Waals surface area contributed by atoms with Crippen molar-refractivity contribution in [1.29, 1.82) is 0 Å². The summed E-state index contributed by atoms with van der Waals surface area (Å²) in [5.74, 6) is 1.64. The maximum absolute atomic E-state index is 12.7. The lowest BCUT2D eigenvalue weighted by molar-refractivity contribution is -0.116. The predicted molar refractivity (Wildman–Crippen MR) is 119 cm³/mol. The number of hydrogen-bond acceptors (Lipinski definition) is 6. The van der Waals surface area contributed by atoms with Crippen molar-refractivity contribution < 1.29 is 9.59 Å². The van der Waals surface area contributed by atoms with Crippen molar-refractivity contribution in [3.63, 3.8) is 0 Å². The number of hydrogen-bond donors (Lipinski definition) is 1. The second-order valence-corrected chi connectivity index (χ2v) is 9.46.